The molecule has 3 rings (SSSR count). The maximum absolute atomic E-state index is 13.5. The summed E-state index contributed by atoms with van der Waals surface area (Å²) in [7, 11) is 3.29. The molecule has 168 valence electrons. The Hall–Kier alpha value is -2.38. The number of thiophene rings is 1. The molecule has 1 aliphatic heterocycles. The van der Waals surface area contributed by atoms with Crippen LogP contribution in [0.5, 0.6) is 5.75 Å². The minimum absolute atomic E-state index is 0.00122. The van der Waals surface area contributed by atoms with E-state index in [2.05, 4.69) is 11.4 Å². The van der Waals surface area contributed by atoms with E-state index in [9.17, 15) is 9.59 Å². The third-order valence-electron chi connectivity index (χ3n) is 5.63. The minimum atomic E-state index is -0.155. The fourth-order valence-corrected chi connectivity index (χ4v) is 4.92. The van der Waals surface area contributed by atoms with Crippen molar-refractivity contribution in [1.82, 2.24) is 9.80 Å². The smallest absolute Gasteiger partial charge is 0.242 e. The highest BCUT2D eigenvalue weighted by Crippen LogP contribution is 2.38. The topological polar surface area (TPSA) is 59.1 Å². The quantitative estimate of drug-likeness (QED) is 0.553. The van der Waals surface area contributed by atoms with Crippen LogP contribution in [0.25, 0.3) is 0 Å². The molecule has 6 nitrogen and oxygen atoms in total. The van der Waals surface area contributed by atoms with E-state index < -0.39 is 0 Å². The molecule has 0 bridgehead atoms. The lowest BCUT2D eigenvalue weighted by atomic mass is 9.93. The number of carbonyl (C=O) groups is 2. The molecule has 0 fully saturated rings. The molecular weight excluding hydrogens is 412 g/mol. The van der Waals surface area contributed by atoms with Gasteiger partial charge >= 0.3 is 0 Å². The number of hydrogen-bond donors (Lipinski definition) is 0. The number of nitrogens with zero attached hydrogens (tertiary/aromatic N) is 2. The first-order chi connectivity index (χ1) is 15.0. The second-order valence-corrected chi connectivity index (χ2v) is 9.07. The molecule has 1 unspecified atom stereocenters. The second-order valence-electron chi connectivity index (χ2n) is 8.07. The van der Waals surface area contributed by atoms with Gasteiger partial charge in [-0.25, -0.2) is 0 Å². The van der Waals surface area contributed by atoms with Crippen molar-refractivity contribution in [2.75, 3.05) is 40.5 Å². The third kappa shape index (κ3) is 5.46. The summed E-state index contributed by atoms with van der Waals surface area (Å²) >= 11 is 1.74. The zero-order chi connectivity index (χ0) is 22.4. The Kier molecular flexibility index (Phi) is 8.09. The predicted octanol–water partition coefficient (Wildman–Crippen LogP) is 3.75. The zero-order valence-electron chi connectivity index (χ0n) is 18.8. The summed E-state index contributed by atoms with van der Waals surface area (Å²) in [5.74, 6) is 0.607. The fourth-order valence-electron chi connectivity index (χ4n) is 4.02. The van der Waals surface area contributed by atoms with Gasteiger partial charge in [-0.1, -0.05) is 26.0 Å². The molecule has 2 aromatic rings. The van der Waals surface area contributed by atoms with Gasteiger partial charge in [0.25, 0.3) is 0 Å². The predicted molar refractivity (Wildman–Crippen MR) is 122 cm³/mol. The molecule has 1 aliphatic rings. The summed E-state index contributed by atoms with van der Waals surface area (Å²) in [4.78, 5) is 31.1. The van der Waals surface area contributed by atoms with Crippen LogP contribution < -0.4 is 4.74 Å². The summed E-state index contributed by atoms with van der Waals surface area (Å²) in [6.07, 6.45) is 1.55. The SMILES string of the molecule is COCCCN(CC(=O)N1CCc2sccc2C1c1ccc(OC)cc1)C(=O)C(C)C. The lowest BCUT2D eigenvalue weighted by Gasteiger charge is -2.38. The van der Waals surface area contributed by atoms with E-state index in [0.717, 1.165) is 17.7 Å². The highest BCUT2D eigenvalue weighted by Gasteiger charge is 2.34. The van der Waals surface area contributed by atoms with E-state index in [-0.39, 0.29) is 30.3 Å². The van der Waals surface area contributed by atoms with Gasteiger partial charge in [0, 0.05) is 37.6 Å². The summed E-state index contributed by atoms with van der Waals surface area (Å²) < 4.78 is 10.4. The normalized spacial score (nSPS) is 15.6. The van der Waals surface area contributed by atoms with Crippen molar-refractivity contribution in [3.63, 3.8) is 0 Å². The van der Waals surface area contributed by atoms with Crippen LogP contribution in [0.15, 0.2) is 35.7 Å². The maximum Gasteiger partial charge on any atom is 0.242 e. The van der Waals surface area contributed by atoms with Crippen LogP contribution in [0, 0.1) is 5.92 Å². The number of benzene rings is 1. The van der Waals surface area contributed by atoms with Crippen LogP contribution in [-0.4, -0.2) is 62.1 Å². The minimum Gasteiger partial charge on any atom is -0.497 e. The number of ether oxygens (including phenoxy) is 2. The van der Waals surface area contributed by atoms with Crippen molar-refractivity contribution in [3.8, 4) is 5.75 Å². The molecule has 31 heavy (non-hydrogen) atoms. The van der Waals surface area contributed by atoms with Crippen molar-refractivity contribution in [2.24, 2.45) is 5.92 Å². The Balaban J connectivity index is 1.85. The molecule has 0 spiro atoms. The first-order valence-corrected chi connectivity index (χ1v) is 11.6. The second kappa shape index (κ2) is 10.8. The molecule has 1 aromatic carbocycles. The third-order valence-corrected chi connectivity index (χ3v) is 6.62. The molecule has 1 aromatic heterocycles. The van der Waals surface area contributed by atoms with Crippen LogP contribution in [0.1, 0.15) is 42.3 Å². The molecule has 2 amide bonds. The Morgan fingerprint density at radius 2 is 1.94 bits per heavy atom. The Bertz CT molecular complexity index is 878. The molecule has 0 radical (unpaired) electrons. The molecule has 0 saturated heterocycles. The monoisotopic (exact) mass is 444 g/mol. The summed E-state index contributed by atoms with van der Waals surface area (Å²) in [6, 6.07) is 9.86. The van der Waals surface area contributed by atoms with Gasteiger partial charge in [-0.3, -0.25) is 9.59 Å². The average molecular weight is 445 g/mol. The first-order valence-electron chi connectivity index (χ1n) is 10.7. The van der Waals surface area contributed by atoms with Crippen molar-refractivity contribution in [3.05, 3.63) is 51.7 Å². The van der Waals surface area contributed by atoms with Crippen molar-refractivity contribution in [2.45, 2.75) is 32.7 Å². The van der Waals surface area contributed by atoms with Crippen molar-refractivity contribution < 1.29 is 19.1 Å². The number of amides is 2. The average Bonchev–Trinajstić information content (AvgIpc) is 3.26. The van der Waals surface area contributed by atoms with Gasteiger partial charge in [0.05, 0.1) is 19.7 Å². The standard InChI is InChI=1S/C24H32N2O4S/c1-17(2)24(28)25(12-5-14-29-3)16-22(27)26-13-10-21-20(11-15-31-21)23(26)18-6-8-19(30-4)9-7-18/h6-9,11,15,17,23H,5,10,12-14,16H2,1-4H3. The van der Waals surface area contributed by atoms with E-state index in [1.54, 1.807) is 30.5 Å². The van der Waals surface area contributed by atoms with Gasteiger partial charge in [0.2, 0.25) is 11.8 Å². The highest BCUT2D eigenvalue weighted by atomic mass is 32.1. The van der Waals surface area contributed by atoms with Gasteiger partial charge < -0.3 is 19.3 Å². The van der Waals surface area contributed by atoms with Gasteiger partial charge in [-0.2, -0.15) is 0 Å². The van der Waals surface area contributed by atoms with Gasteiger partial charge in [0.1, 0.15) is 5.75 Å². The first kappa shape index (κ1) is 23.3. The largest absolute Gasteiger partial charge is 0.497 e. The number of rotatable bonds is 9. The molecular formula is C24H32N2O4S. The molecule has 2 heterocycles. The fraction of sp³-hybridized carbons (Fsp3) is 0.500. The van der Waals surface area contributed by atoms with E-state index >= 15 is 0 Å². The van der Waals surface area contributed by atoms with Crippen LogP contribution in [-0.2, 0) is 20.7 Å². The van der Waals surface area contributed by atoms with Crippen molar-refractivity contribution >= 4 is 23.2 Å². The maximum atomic E-state index is 13.5. The lowest BCUT2D eigenvalue weighted by Crippen LogP contribution is -2.47. The molecule has 0 saturated carbocycles. The summed E-state index contributed by atoms with van der Waals surface area (Å²) in [5, 5.41) is 2.09. The Morgan fingerprint density at radius 1 is 1.19 bits per heavy atom. The number of carbonyl (C=O) groups excluding carboxylic acids is 2. The Morgan fingerprint density at radius 3 is 2.58 bits per heavy atom. The van der Waals surface area contributed by atoms with E-state index in [4.69, 9.17) is 9.47 Å². The molecule has 0 N–H and O–H groups in total. The van der Waals surface area contributed by atoms with Crippen molar-refractivity contribution in [1.29, 1.82) is 0 Å². The number of fused-ring (bicyclic) bond motifs is 1. The van der Waals surface area contributed by atoms with E-state index in [1.165, 1.54) is 10.4 Å². The highest BCUT2D eigenvalue weighted by molar-refractivity contribution is 7.10. The van der Waals surface area contributed by atoms with Crippen LogP contribution in [0.3, 0.4) is 0 Å². The van der Waals surface area contributed by atoms with E-state index in [0.29, 0.717) is 26.1 Å². The molecule has 1 atom stereocenters. The number of methoxy groups -OCH3 is 2. The summed E-state index contributed by atoms with van der Waals surface area (Å²) in [5.41, 5.74) is 2.23. The van der Waals surface area contributed by atoms with Gasteiger partial charge in [0.15, 0.2) is 0 Å². The molecule has 0 aliphatic carbocycles. The number of hydrogen-bond acceptors (Lipinski definition) is 5. The lowest BCUT2D eigenvalue weighted by molar-refractivity contribution is -0.143. The zero-order valence-corrected chi connectivity index (χ0v) is 19.6. The van der Waals surface area contributed by atoms with Gasteiger partial charge in [-0.15, -0.1) is 11.3 Å². The Labute approximate surface area is 188 Å². The van der Waals surface area contributed by atoms with Crippen LogP contribution >= 0.6 is 11.3 Å². The van der Waals surface area contributed by atoms with E-state index in [1.807, 2.05) is 43.0 Å². The van der Waals surface area contributed by atoms with Crippen LogP contribution in [0.2, 0.25) is 0 Å². The molecule has 7 heteroatoms. The van der Waals surface area contributed by atoms with Gasteiger partial charge in [-0.05, 0) is 47.5 Å². The summed E-state index contributed by atoms with van der Waals surface area (Å²) in [6.45, 7) is 5.55. The van der Waals surface area contributed by atoms with Crippen LogP contribution in [0.4, 0.5) is 0 Å².